The quantitative estimate of drug-likeness (QED) is 0.436. The van der Waals surface area contributed by atoms with Gasteiger partial charge < -0.3 is 10.3 Å². The van der Waals surface area contributed by atoms with E-state index in [-0.39, 0.29) is 17.6 Å². The third-order valence-electron chi connectivity index (χ3n) is 5.14. The Balaban J connectivity index is 1.37. The lowest BCUT2D eigenvalue weighted by molar-refractivity contribution is -0.117. The summed E-state index contributed by atoms with van der Waals surface area (Å²) in [7, 11) is 0. The summed E-state index contributed by atoms with van der Waals surface area (Å²) in [4.78, 5) is 24.2. The maximum atomic E-state index is 13.3. The van der Waals surface area contributed by atoms with Crippen LogP contribution in [0.25, 0.3) is 22.3 Å². The van der Waals surface area contributed by atoms with E-state index in [1.165, 1.54) is 12.1 Å². The van der Waals surface area contributed by atoms with Gasteiger partial charge in [-0.15, -0.1) is 0 Å². The minimum Gasteiger partial charge on any atom is -0.381 e. The van der Waals surface area contributed by atoms with E-state index < -0.39 is 0 Å². The van der Waals surface area contributed by atoms with Crippen molar-refractivity contribution in [1.82, 2.24) is 15.0 Å². The third kappa shape index (κ3) is 3.87. The zero-order valence-corrected chi connectivity index (χ0v) is 16.2. The number of fused-ring (bicyclic) bond motifs is 1. The third-order valence-corrected chi connectivity index (χ3v) is 5.14. The van der Waals surface area contributed by atoms with Crippen LogP contribution in [0.3, 0.4) is 0 Å². The normalized spacial score (nSPS) is 13.4. The molecule has 0 atom stereocenters. The van der Waals surface area contributed by atoms with E-state index in [1.807, 2.05) is 42.6 Å². The second-order valence-corrected chi connectivity index (χ2v) is 7.46. The lowest BCUT2D eigenvalue weighted by Gasteiger charge is -2.10. The summed E-state index contributed by atoms with van der Waals surface area (Å²) in [5.74, 6) is 0.127. The molecule has 30 heavy (non-hydrogen) atoms. The van der Waals surface area contributed by atoms with E-state index in [0.717, 1.165) is 40.7 Å². The molecule has 1 amide bonds. The number of nitrogens with one attached hydrogen (secondary N) is 3. The number of amides is 1. The van der Waals surface area contributed by atoms with Crippen LogP contribution in [0.4, 0.5) is 16.0 Å². The molecular weight excluding hydrogens is 381 g/mol. The second-order valence-electron chi connectivity index (χ2n) is 7.46. The summed E-state index contributed by atoms with van der Waals surface area (Å²) in [6.45, 7) is 0.532. The number of nitrogens with zero attached hydrogens (tertiary/aromatic N) is 2. The molecule has 0 unspecified atom stereocenters. The molecule has 1 saturated carbocycles. The minimum absolute atomic E-state index is 0.0243. The number of aromatic amines is 1. The summed E-state index contributed by atoms with van der Waals surface area (Å²) in [6, 6.07) is 16.3. The molecule has 2 heterocycles. The Morgan fingerprint density at radius 2 is 1.93 bits per heavy atom. The zero-order valence-electron chi connectivity index (χ0n) is 16.2. The average Bonchev–Trinajstić information content (AvgIpc) is 3.50. The highest BCUT2D eigenvalue weighted by Gasteiger charge is 2.30. The van der Waals surface area contributed by atoms with Crippen molar-refractivity contribution in [2.24, 2.45) is 5.92 Å². The van der Waals surface area contributed by atoms with Crippen LogP contribution in [0.2, 0.25) is 0 Å². The van der Waals surface area contributed by atoms with Crippen molar-refractivity contribution < 1.29 is 9.18 Å². The second kappa shape index (κ2) is 7.59. The van der Waals surface area contributed by atoms with Gasteiger partial charge in [-0.1, -0.05) is 24.3 Å². The molecule has 1 fully saturated rings. The van der Waals surface area contributed by atoms with Crippen molar-refractivity contribution >= 4 is 28.6 Å². The lowest BCUT2D eigenvalue weighted by atomic mass is 10.1. The van der Waals surface area contributed by atoms with Gasteiger partial charge in [0.25, 0.3) is 0 Å². The summed E-state index contributed by atoms with van der Waals surface area (Å²) in [5, 5.41) is 7.01. The van der Waals surface area contributed by atoms with Crippen LogP contribution in [0.1, 0.15) is 18.4 Å². The van der Waals surface area contributed by atoms with E-state index in [4.69, 9.17) is 0 Å². The van der Waals surface area contributed by atoms with Crippen molar-refractivity contribution in [3.63, 3.8) is 0 Å². The van der Waals surface area contributed by atoms with Gasteiger partial charge in [-0.3, -0.25) is 10.1 Å². The first-order chi connectivity index (χ1) is 14.7. The van der Waals surface area contributed by atoms with Crippen LogP contribution in [0.5, 0.6) is 0 Å². The number of H-pyrrole nitrogens is 1. The summed E-state index contributed by atoms with van der Waals surface area (Å²) in [5.41, 5.74) is 4.15. The smallest absolute Gasteiger partial charge is 0.232 e. The Kier molecular flexibility index (Phi) is 4.63. The number of anilines is 2. The first-order valence-electron chi connectivity index (χ1n) is 9.90. The van der Waals surface area contributed by atoms with Crippen LogP contribution in [0.15, 0.2) is 60.8 Å². The summed E-state index contributed by atoms with van der Waals surface area (Å²) >= 11 is 0. The Labute approximate surface area is 172 Å². The molecule has 150 valence electrons. The van der Waals surface area contributed by atoms with E-state index in [9.17, 15) is 9.18 Å². The highest BCUT2D eigenvalue weighted by molar-refractivity contribution is 5.96. The first-order valence-corrected chi connectivity index (χ1v) is 9.90. The van der Waals surface area contributed by atoms with Gasteiger partial charge in [-0.05, 0) is 48.7 Å². The summed E-state index contributed by atoms with van der Waals surface area (Å²) in [6.07, 6.45) is 3.66. The lowest BCUT2D eigenvalue weighted by Crippen LogP contribution is -2.15. The van der Waals surface area contributed by atoms with Crippen molar-refractivity contribution in [3.05, 3.63) is 72.2 Å². The zero-order chi connectivity index (χ0) is 20.5. The van der Waals surface area contributed by atoms with E-state index in [1.54, 1.807) is 6.07 Å². The Bertz CT molecular complexity index is 1210. The number of carbonyl (C=O) groups excluding carboxylic acids is 1. The van der Waals surface area contributed by atoms with Gasteiger partial charge in [0.05, 0.1) is 5.69 Å². The predicted octanol–water partition coefficient (Wildman–Crippen LogP) is 4.72. The van der Waals surface area contributed by atoms with E-state index in [2.05, 4.69) is 25.6 Å². The standard InChI is InChI=1S/C23H20FN5O/c24-17-3-1-2-14(12-17)13-26-18-8-6-15(7-9-18)20-19-10-11-25-21(19)28-23(27-20)29-22(30)16-4-5-16/h1-3,6-12,16,26H,4-5,13H2,(H2,25,27,28,29,30). The highest BCUT2D eigenvalue weighted by Crippen LogP contribution is 2.31. The van der Waals surface area contributed by atoms with Gasteiger partial charge >= 0.3 is 0 Å². The molecule has 7 heteroatoms. The molecule has 6 nitrogen and oxygen atoms in total. The van der Waals surface area contributed by atoms with Crippen molar-refractivity contribution in [2.75, 3.05) is 10.6 Å². The van der Waals surface area contributed by atoms with Gasteiger partial charge in [0.2, 0.25) is 11.9 Å². The maximum Gasteiger partial charge on any atom is 0.232 e. The van der Waals surface area contributed by atoms with Crippen LogP contribution in [0, 0.1) is 11.7 Å². The van der Waals surface area contributed by atoms with Crippen molar-refractivity contribution in [2.45, 2.75) is 19.4 Å². The number of halogens is 1. The van der Waals surface area contributed by atoms with Crippen molar-refractivity contribution in [3.8, 4) is 11.3 Å². The molecule has 0 spiro atoms. The van der Waals surface area contributed by atoms with E-state index >= 15 is 0 Å². The monoisotopic (exact) mass is 401 g/mol. The fourth-order valence-corrected chi connectivity index (χ4v) is 3.37. The van der Waals surface area contributed by atoms with Crippen LogP contribution in [-0.4, -0.2) is 20.9 Å². The molecule has 0 radical (unpaired) electrons. The molecule has 5 rings (SSSR count). The molecule has 1 aliphatic rings. The Morgan fingerprint density at radius 3 is 2.70 bits per heavy atom. The number of hydrogen-bond acceptors (Lipinski definition) is 4. The molecule has 3 N–H and O–H groups in total. The van der Waals surface area contributed by atoms with Gasteiger partial charge in [0.1, 0.15) is 11.5 Å². The summed E-state index contributed by atoms with van der Waals surface area (Å²) < 4.78 is 13.3. The van der Waals surface area contributed by atoms with Crippen LogP contribution < -0.4 is 10.6 Å². The maximum absolute atomic E-state index is 13.3. The number of aromatic nitrogens is 3. The number of rotatable bonds is 6. The SMILES string of the molecule is O=C(Nc1nc(-c2ccc(NCc3cccc(F)c3)cc2)c2cc[nH]c2n1)C1CC1. The number of hydrogen-bond donors (Lipinski definition) is 3. The predicted molar refractivity (Wildman–Crippen MR) is 114 cm³/mol. The van der Waals surface area contributed by atoms with Crippen molar-refractivity contribution in [1.29, 1.82) is 0 Å². The average molecular weight is 401 g/mol. The number of carbonyl (C=O) groups is 1. The van der Waals surface area contributed by atoms with Gasteiger partial charge in [-0.2, -0.15) is 4.98 Å². The first kappa shape index (κ1) is 18.3. The van der Waals surface area contributed by atoms with E-state index in [0.29, 0.717) is 18.1 Å². The fraction of sp³-hybridized carbons (Fsp3) is 0.174. The minimum atomic E-state index is -0.242. The molecular formula is C23H20FN5O. The van der Waals surface area contributed by atoms with Gasteiger partial charge in [-0.25, -0.2) is 9.37 Å². The Morgan fingerprint density at radius 1 is 1.10 bits per heavy atom. The highest BCUT2D eigenvalue weighted by atomic mass is 19.1. The topological polar surface area (TPSA) is 82.7 Å². The Hall–Kier alpha value is -3.74. The molecule has 2 aromatic carbocycles. The van der Waals surface area contributed by atoms with Gasteiger partial charge in [0.15, 0.2) is 0 Å². The molecule has 0 bridgehead atoms. The molecule has 4 aromatic rings. The number of benzene rings is 2. The van der Waals surface area contributed by atoms with Gasteiger partial charge in [0, 0.05) is 35.3 Å². The molecule has 2 aromatic heterocycles. The fourth-order valence-electron chi connectivity index (χ4n) is 3.37. The van der Waals surface area contributed by atoms with Crippen LogP contribution >= 0.6 is 0 Å². The largest absolute Gasteiger partial charge is 0.381 e. The molecule has 0 aliphatic heterocycles. The molecule has 0 saturated heterocycles. The van der Waals surface area contributed by atoms with Crippen LogP contribution in [-0.2, 0) is 11.3 Å². The molecule has 1 aliphatic carbocycles.